The number of hydrogen-bond acceptors (Lipinski definition) is 6. The second-order valence-corrected chi connectivity index (χ2v) is 14.1. The first-order chi connectivity index (χ1) is 27.3. The van der Waals surface area contributed by atoms with Crippen LogP contribution in [0.15, 0.2) is 206 Å². The Morgan fingerprint density at radius 1 is 0.509 bits per heavy atom. The van der Waals surface area contributed by atoms with E-state index in [1.807, 2.05) is 49.1 Å². The van der Waals surface area contributed by atoms with E-state index in [1.54, 1.807) is 0 Å². The molecule has 6 nitrogen and oxygen atoms in total. The van der Waals surface area contributed by atoms with Crippen LogP contribution in [-0.2, 0) is 0 Å². The molecule has 5 aromatic carbocycles. The lowest BCUT2D eigenvalue weighted by atomic mass is 9.31. The second-order valence-electron chi connectivity index (χ2n) is 14.1. The largest absolute Gasteiger partial charge is 0.459 e. The van der Waals surface area contributed by atoms with Crippen LogP contribution < -0.4 is 30.2 Å². The summed E-state index contributed by atoms with van der Waals surface area (Å²) in [5.41, 5.74) is 9.69. The summed E-state index contributed by atoms with van der Waals surface area (Å²) in [6.07, 6.45) is 18.8. The minimum absolute atomic E-state index is 0.0229. The molecule has 0 N–H and O–H groups in total. The fourth-order valence-electron chi connectivity index (χ4n) is 8.90. The van der Waals surface area contributed by atoms with Gasteiger partial charge in [-0.15, -0.1) is 0 Å². The first kappa shape index (κ1) is 31.4. The molecule has 0 bridgehead atoms. The van der Waals surface area contributed by atoms with Gasteiger partial charge < -0.3 is 19.3 Å². The van der Waals surface area contributed by atoms with Crippen molar-refractivity contribution in [2.45, 2.75) is 0 Å². The summed E-state index contributed by atoms with van der Waals surface area (Å²) in [7, 11) is 0. The van der Waals surface area contributed by atoms with Crippen LogP contribution in [0.4, 0.5) is 28.4 Å². The predicted molar refractivity (Wildman–Crippen MR) is 222 cm³/mol. The van der Waals surface area contributed by atoms with Crippen LogP contribution in [0.3, 0.4) is 0 Å². The van der Waals surface area contributed by atoms with Crippen molar-refractivity contribution in [3.63, 3.8) is 0 Å². The highest BCUT2D eigenvalue weighted by Crippen LogP contribution is 2.50. The van der Waals surface area contributed by atoms with E-state index >= 15 is 0 Å². The number of rotatable bonds is 6. The topological polar surface area (TPSA) is 50.7 Å². The SMILES string of the molecule is C1=CC2C(N(c3ccccc3)c3cccnc3)=CC3=C(B4c5c(cccc5Oc5cc(N(c6ccccc6)c6cccnc6)c6ccccc6c54)O3)C2C=C1. The summed E-state index contributed by atoms with van der Waals surface area (Å²) in [5, 5.41) is 2.27. The van der Waals surface area contributed by atoms with Crippen molar-refractivity contribution in [2.24, 2.45) is 11.8 Å². The molecule has 11 rings (SSSR count). The highest BCUT2D eigenvalue weighted by atomic mass is 16.5. The van der Waals surface area contributed by atoms with E-state index in [1.165, 1.54) is 5.47 Å². The summed E-state index contributed by atoms with van der Waals surface area (Å²) < 4.78 is 14.0. The molecule has 260 valence electrons. The van der Waals surface area contributed by atoms with E-state index in [2.05, 4.69) is 159 Å². The molecule has 7 aromatic rings. The van der Waals surface area contributed by atoms with Gasteiger partial charge in [-0.1, -0.05) is 91.0 Å². The van der Waals surface area contributed by atoms with Crippen LogP contribution in [0.5, 0.6) is 17.2 Å². The monoisotopic (exact) mass is 708 g/mol. The molecule has 2 aromatic heterocycles. The van der Waals surface area contributed by atoms with Crippen molar-refractivity contribution < 1.29 is 9.47 Å². The van der Waals surface area contributed by atoms with Crippen LogP contribution in [0.25, 0.3) is 10.8 Å². The molecule has 2 aliphatic carbocycles. The third-order valence-electron chi connectivity index (χ3n) is 11.1. The Kier molecular flexibility index (Phi) is 7.30. The molecule has 2 atom stereocenters. The van der Waals surface area contributed by atoms with Crippen molar-refractivity contribution in [3.8, 4) is 17.2 Å². The van der Waals surface area contributed by atoms with Gasteiger partial charge in [0.1, 0.15) is 23.0 Å². The van der Waals surface area contributed by atoms with Crippen LogP contribution in [0.1, 0.15) is 0 Å². The van der Waals surface area contributed by atoms with Gasteiger partial charge in [-0.2, -0.15) is 0 Å². The second kappa shape index (κ2) is 12.8. The van der Waals surface area contributed by atoms with Gasteiger partial charge >= 0.3 is 0 Å². The maximum Gasteiger partial charge on any atom is 0.257 e. The lowest BCUT2D eigenvalue weighted by Gasteiger charge is -2.44. The van der Waals surface area contributed by atoms with E-state index in [0.717, 1.165) is 78.8 Å². The van der Waals surface area contributed by atoms with Crippen molar-refractivity contribution in [3.05, 3.63) is 206 Å². The summed E-state index contributed by atoms with van der Waals surface area (Å²) in [6, 6.07) is 46.3. The highest BCUT2D eigenvalue weighted by molar-refractivity contribution is 6.95. The van der Waals surface area contributed by atoms with E-state index < -0.39 is 0 Å². The number of benzene rings is 5. The lowest BCUT2D eigenvalue weighted by molar-refractivity contribution is 0.411. The Labute approximate surface area is 319 Å². The van der Waals surface area contributed by atoms with Gasteiger partial charge in [-0.05, 0) is 77.0 Å². The van der Waals surface area contributed by atoms with E-state index in [-0.39, 0.29) is 18.5 Å². The Hall–Kier alpha value is -7.12. The highest BCUT2D eigenvalue weighted by Gasteiger charge is 2.48. The number of anilines is 5. The number of para-hydroxylation sites is 2. The van der Waals surface area contributed by atoms with Crippen LogP contribution in [-0.4, -0.2) is 16.7 Å². The van der Waals surface area contributed by atoms with Crippen LogP contribution in [0, 0.1) is 11.8 Å². The molecule has 0 fully saturated rings. The van der Waals surface area contributed by atoms with Gasteiger partial charge in [0.25, 0.3) is 6.71 Å². The molecule has 2 unspecified atom stereocenters. The molecule has 2 aliphatic heterocycles. The zero-order chi connectivity index (χ0) is 36.3. The first-order valence-electron chi connectivity index (χ1n) is 18.7. The molecule has 55 heavy (non-hydrogen) atoms. The molecule has 4 aliphatic rings. The number of allylic oxidation sites excluding steroid dienone is 6. The maximum atomic E-state index is 7.00. The van der Waals surface area contributed by atoms with Crippen LogP contribution >= 0.6 is 0 Å². The average Bonchev–Trinajstić information content (AvgIpc) is 3.25. The fourth-order valence-corrected chi connectivity index (χ4v) is 8.90. The van der Waals surface area contributed by atoms with Gasteiger partial charge in [0.2, 0.25) is 0 Å². The maximum absolute atomic E-state index is 7.00. The summed E-state index contributed by atoms with van der Waals surface area (Å²) in [5.74, 6) is 3.41. The molecule has 0 amide bonds. The zero-order valence-corrected chi connectivity index (χ0v) is 29.7. The first-order valence-corrected chi connectivity index (χ1v) is 18.7. The average molecular weight is 709 g/mol. The van der Waals surface area contributed by atoms with Crippen molar-refractivity contribution in [1.29, 1.82) is 0 Å². The lowest BCUT2D eigenvalue weighted by Crippen LogP contribution is -2.54. The van der Waals surface area contributed by atoms with E-state index in [9.17, 15) is 0 Å². The Bertz CT molecular complexity index is 2650. The minimum Gasteiger partial charge on any atom is -0.459 e. The standard InChI is InChI=1S/C48H33BN4O2/c1-3-14-32(15-4-1)52(34-18-12-26-50-30-34)40-28-44-46(38-22-9-7-20-36(38)40)49-47-39-23-10-8-21-37(39)41(29-45(47)55-43-25-11-24-42(54-44)48(43)49)53(33-16-5-2-6-17-33)35-19-13-27-51-31-35/h1-31,36,38H. The molecule has 0 radical (unpaired) electrons. The number of fused-ring (bicyclic) bond motifs is 7. The number of hydrogen-bond donors (Lipinski definition) is 0. The number of pyridine rings is 2. The summed E-state index contributed by atoms with van der Waals surface area (Å²) >= 11 is 0. The van der Waals surface area contributed by atoms with Gasteiger partial charge in [0.05, 0.1) is 29.5 Å². The molecule has 0 saturated heterocycles. The Morgan fingerprint density at radius 2 is 1.11 bits per heavy atom. The van der Waals surface area contributed by atoms with Crippen molar-refractivity contribution >= 4 is 56.8 Å². The summed E-state index contributed by atoms with van der Waals surface area (Å²) in [4.78, 5) is 13.6. The molecular formula is C48H33BN4O2. The summed E-state index contributed by atoms with van der Waals surface area (Å²) in [6.45, 7) is -0.105. The Morgan fingerprint density at radius 3 is 1.80 bits per heavy atom. The molecule has 0 saturated carbocycles. The Balaban J connectivity index is 1.16. The van der Waals surface area contributed by atoms with Gasteiger partial charge in [0.15, 0.2) is 0 Å². The number of aromatic nitrogens is 2. The molecule has 0 spiro atoms. The van der Waals surface area contributed by atoms with Crippen LogP contribution in [0.2, 0.25) is 0 Å². The third kappa shape index (κ3) is 5.04. The van der Waals surface area contributed by atoms with Gasteiger partial charge in [0, 0.05) is 64.3 Å². The molecule has 7 heteroatoms. The zero-order valence-electron chi connectivity index (χ0n) is 29.7. The van der Waals surface area contributed by atoms with E-state index in [0.29, 0.717) is 0 Å². The van der Waals surface area contributed by atoms with Crippen molar-refractivity contribution in [1.82, 2.24) is 9.97 Å². The molecular weight excluding hydrogens is 675 g/mol. The van der Waals surface area contributed by atoms with Crippen molar-refractivity contribution in [2.75, 3.05) is 9.80 Å². The van der Waals surface area contributed by atoms with Gasteiger partial charge in [-0.25, -0.2) is 0 Å². The van der Waals surface area contributed by atoms with Gasteiger partial charge in [-0.3, -0.25) is 9.97 Å². The predicted octanol–water partition coefficient (Wildman–Crippen LogP) is 10.1. The normalized spacial score (nSPS) is 17.2. The third-order valence-corrected chi connectivity index (χ3v) is 11.1. The fraction of sp³-hybridized carbons (Fsp3) is 0.0417. The van der Waals surface area contributed by atoms with E-state index in [4.69, 9.17) is 9.47 Å². The minimum atomic E-state index is -0.105. The number of ether oxygens (including phenoxy) is 2. The number of nitrogens with zero attached hydrogens (tertiary/aromatic N) is 4. The smallest absolute Gasteiger partial charge is 0.257 e. The quantitative estimate of drug-likeness (QED) is 0.160. The molecule has 4 heterocycles.